The highest BCUT2D eigenvalue weighted by molar-refractivity contribution is 5.25. The fourth-order valence-corrected chi connectivity index (χ4v) is 1.05. The molecule has 1 nitrogen and oxygen atoms in total. The second-order valence-electron chi connectivity index (χ2n) is 3.15. The molecule has 1 aromatic carbocycles. The van der Waals surface area contributed by atoms with E-state index in [1.165, 1.54) is 0 Å². The zero-order valence-corrected chi connectivity index (χ0v) is 7.47. The third-order valence-electron chi connectivity index (χ3n) is 2.12. The summed E-state index contributed by atoms with van der Waals surface area (Å²) in [5.74, 6) is 0.0906. The molecule has 12 heavy (non-hydrogen) atoms. The number of halogens is 1. The molecule has 2 heteroatoms. The Morgan fingerprint density at radius 3 is 2.67 bits per heavy atom. The van der Waals surface area contributed by atoms with Crippen molar-refractivity contribution in [3.8, 4) is 0 Å². The molecule has 1 atom stereocenters. The van der Waals surface area contributed by atoms with Gasteiger partial charge in [0.25, 0.3) is 0 Å². The topological polar surface area (TPSA) is 26.0 Å². The lowest BCUT2D eigenvalue weighted by atomic mass is 10.00. The second kappa shape index (κ2) is 3.68. The maximum absolute atomic E-state index is 13.0. The van der Waals surface area contributed by atoms with Crippen molar-refractivity contribution in [2.24, 2.45) is 5.73 Å². The highest BCUT2D eigenvalue weighted by Gasteiger charge is 2.04. The highest BCUT2D eigenvalue weighted by Crippen LogP contribution is 2.16. The Labute approximate surface area is 72.4 Å². The third kappa shape index (κ3) is 1.83. The van der Waals surface area contributed by atoms with E-state index in [-0.39, 0.29) is 11.7 Å². The Morgan fingerprint density at radius 2 is 2.17 bits per heavy atom. The van der Waals surface area contributed by atoms with Crippen LogP contribution in [0.25, 0.3) is 0 Å². The summed E-state index contributed by atoms with van der Waals surface area (Å²) < 4.78 is 13.0. The zero-order chi connectivity index (χ0) is 9.14. The molecule has 1 rings (SSSR count). The summed E-state index contributed by atoms with van der Waals surface area (Å²) in [7, 11) is 0. The molecular weight excluding hydrogens is 153 g/mol. The molecule has 0 aliphatic carbocycles. The smallest absolute Gasteiger partial charge is 0.126 e. The molecule has 0 bridgehead atoms. The van der Waals surface area contributed by atoms with Gasteiger partial charge in [0.05, 0.1) is 0 Å². The van der Waals surface area contributed by atoms with Crippen molar-refractivity contribution >= 4 is 0 Å². The average molecular weight is 167 g/mol. The summed E-state index contributed by atoms with van der Waals surface area (Å²) in [6.07, 6.45) is 0. The fourth-order valence-electron chi connectivity index (χ4n) is 1.05. The molecule has 0 heterocycles. The van der Waals surface area contributed by atoms with E-state index < -0.39 is 0 Å². The van der Waals surface area contributed by atoms with Crippen LogP contribution in [-0.4, -0.2) is 6.54 Å². The summed E-state index contributed by atoms with van der Waals surface area (Å²) in [6.45, 7) is 4.30. The molecule has 1 unspecified atom stereocenters. The van der Waals surface area contributed by atoms with Gasteiger partial charge in [-0.3, -0.25) is 0 Å². The average Bonchev–Trinajstić information content (AvgIpc) is 2.08. The van der Waals surface area contributed by atoms with E-state index in [9.17, 15) is 4.39 Å². The van der Waals surface area contributed by atoms with Crippen LogP contribution in [0, 0.1) is 12.7 Å². The van der Waals surface area contributed by atoms with Gasteiger partial charge in [0.15, 0.2) is 0 Å². The number of hydrogen-bond donors (Lipinski definition) is 1. The summed E-state index contributed by atoms with van der Waals surface area (Å²) in [6, 6.07) is 5.28. The minimum atomic E-state index is -0.146. The van der Waals surface area contributed by atoms with Crippen molar-refractivity contribution in [1.29, 1.82) is 0 Å². The van der Waals surface area contributed by atoms with Crippen LogP contribution in [0.3, 0.4) is 0 Å². The Morgan fingerprint density at radius 1 is 1.50 bits per heavy atom. The molecule has 0 fully saturated rings. The van der Waals surface area contributed by atoms with Gasteiger partial charge in [-0.25, -0.2) is 4.39 Å². The predicted molar refractivity (Wildman–Crippen MR) is 48.6 cm³/mol. The quantitative estimate of drug-likeness (QED) is 0.718. The number of rotatable bonds is 2. The Hall–Kier alpha value is -0.890. The molecule has 0 amide bonds. The Bertz CT molecular complexity index is 271. The third-order valence-corrected chi connectivity index (χ3v) is 2.12. The lowest BCUT2D eigenvalue weighted by molar-refractivity contribution is 0.612. The normalized spacial score (nSPS) is 13.0. The van der Waals surface area contributed by atoms with Crippen molar-refractivity contribution < 1.29 is 4.39 Å². The summed E-state index contributed by atoms with van der Waals surface area (Å²) in [5, 5.41) is 0. The lowest BCUT2D eigenvalue weighted by Gasteiger charge is -2.09. The van der Waals surface area contributed by atoms with Crippen LogP contribution in [0.5, 0.6) is 0 Å². The van der Waals surface area contributed by atoms with E-state index in [0.717, 1.165) is 5.56 Å². The van der Waals surface area contributed by atoms with E-state index in [0.29, 0.717) is 12.1 Å². The predicted octanol–water partition coefficient (Wildman–Crippen LogP) is 2.20. The van der Waals surface area contributed by atoms with Crippen LogP contribution in [0.4, 0.5) is 4.39 Å². The van der Waals surface area contributed by atoms with Gasteiger partial charge in [-0.15, -0.1) is 0 Å². The first-order valence-corrected chi connectivity index (χ1v) is 4.11. The molecule has 0 saturated heterocycles. The van der Waals surface area contributed by atoms with Gasteiger partial charge < -0.3 is 5.73 Å². The summed E-state index contributed by atoms with van der Waals surface area (Å²) >= 11 is 0. The highest BCUT2D eigenvalue weighted by atomic mass is 19.1. The number of hydrogen-bond acceptors (Lipinski definition) is 1. The van der Waals surface area contributed by atoms with Gasteiger partial charge in [0.1, 0.15) is 5.82 Å². The Balaban J connectivity index is 2.96. The van der Waals surface area contributed by atoms with E-state index >= 15 is 0 Å². The molecule has 2 N–H and O–H groups in total. The van der Waals surface area contributed by atoms with Gasteiger partial charge in [-0.1, -0.05) is 19.1 Å². The van der Waals surface area contributed by atoms with Crippen LogP contribution >= 0.6 is 0 Å². The van der Waals surface area contributed by atoms with Gasteiger partial charge in [0.2, 0.25) is 0 Å². The second-order valence-corrected chi connectivity index (χ2v) is 3.15. The van der Waals surface area contributed by atoms with E-state index in [1.54, 1.807) is 19.1 Å². The molecule has 0 spiro atoms. The molecule has 0 saturated carbocycles. The van der Waals surface area contributed by atoms with Crippen molar-refractivity contribution in [2.45, 2.75) is 19.8 Å². The van der Waals surface area contributed by atoms with Crippen LogP contribution < -0.4 is 5.73 Å². The molecular formula is C10H14FN. The minimum absolute atomic E-state index is 0.146. The zero-order valence-electron chi connectivity index (χ0n) is 7.47. The largest absolute Gasteiger partial charge is 0.330 e. The minimum Gasteiger partial charge on any atom is -0.330 e. The van der Waals surface area contributed by atoms with E-state index in [1.807, 2.05) is 13.0 Å². The molecule has 66 valence electrons. The number of nitrogens with two attached hydrogens (primary N) is 1. The molecule has 1 aromatic rings. The lowest BCUT2D eigenvalue weighted by Crippen LogP contribution is -2.09. The van der Waals surface area contributed by atoms with Crippen molar-refractivity contribution in [3.63, 3.8) is 0 Å². The molecule has 0 aliphatic heterocycles. The molecule has 0 radical (unpaired) electrons. The first-order chi connectivity index (χ1) is 5.65. The van der Waals surface area contributed by atoms with Crippen molar-refractivity contribution in [1.82, 2.24) is 0 Å². The van der Waals surface area contributed by atoms with E-state index in [2.05, 4.69) is 0 Å². The van der Waals surface area contributed by atoms with Crippen LogP contribution in [-0.2, 0) is 0 Å². The SMILES string of the molecule is Cc1ccc(C(C)CN)cc1F. The van der Waals surface area contributed by atoms with Crippen LogP contribution in [0.1, 0.15) is 24.0 Å². The van der Waals surface area contributed by atoms with Gasteiger partial charge in [0, 0.05) is 0 Å². The summed E-state index contributed by atoms with van der Waals surface area (Å²) in [5.41, 5.74) is 7.13. The number of aryl methyl sites for hydroxylation is 1. The molecule has 0 aliphatic rings. The molecule has 0 aromatic heterocycles. The fraction of sp³-hybridized carbons (Fsp3) is 0.400. The maximum atomic E-state index is 13.0. The van der Waals surface area contributed by atoms with E-state index in [4.69, 9.17) is 5.73 Å². The standard InChI is InChI=1S/C10H14FN/c1-7-3-4-9(5-10(7)11)8(2)6-12/h3-5,8H,6,12H2,1-2H3. The van der Waals surface area contributed by atoms with Crippen LogP contribution in [0.15, 0.2) is 18.2 Å². The monoisotopic (exact) mass is 167 g/mol. The summed E-state index contributed by atoms with van der Waals surface area (Å²) in [4.78, 5) is 0. The first kappa shape index (κ1) is 9.20. The van der Waals surface area contributed by atoms with Crippen molar-refractivity contribution in [3.05, 3.63) is 35.1 Å². The van der Waals surface area contributed by atoms with Crippen LogP contribution in [0.2, 0.25) is 0 Å². The van der Waals surface area contributed by atoms with Gasteiger partial charge in [-0.05, 0) is 36.6 Å². The van der Waals surface area contributed by atoms with Gasteiger partial charge >= 0.3 is 0 Å². The first-order valence-electron chi connectivity index (χ1n) is 4.11. The maximum Gasteiger partial charge on any atom is 0.126 e. The Kier molecular flexibility index (Phi) is 2.82. The number of benzene rings is 1. The van der Waals surface area contributed by atoms with Gasteiger partial charge in [-0.2, -0.15) is 0 Å². The van der Waals surface area contributed by atoms with Crippen molar-refractivity contribution in [2.75, 3.05) is 6.54 Å².